The maximum Gasteiger partial charge on any atom is 0.185 e. The SMILES string of the molecule is COCCNCc1sc(N(C)C2CCOCC2)nc1C. The Morgan fingerprint density at radius 3 is 2.90 bits per heavy atom. The van der Waals surface area contributed by atoms with E-state index in [0.717, 1.165) is 56.6 Å². The summed E-state index contributed by atoms with van der Waals surface area (Å²) in [5.74, 6) is 0. The molecule has 0 atom stereocenters. The minimum atomic E-state index is 0.559. The van der Waals surface area contributed by atoms with Crippen molar-refractivity contribution in [3.8, 4) is 0 Å². The van der Waals surface area contributed by atoms with E-state index >= 15 is 0 Å². The number of nitrogens with one attached hydrogen (secondary N) is 1. The third kappa shape index (κ3) is 4.15. The van der Waals surface area contributed by atoms with Gasteiger partial charge in [0.1, 0.15) is 0 Å². The van der Waals surface area contributed by atoms with Crippen LogP contribution < -0.4 is 10.2 Å². The van der Waals surface area contributed by atoms with E-state index in [1.165, 1.54) is 4.88 Å². The van der Waals surface area contributed by atoms with Crippen LogP contribution >= 0.6 is 11.3 Å². The van der Waals surface area contributed by atoms with Crippen molar-refractivity contribution in [1.29, 1.82) is 0 Å². The summed E-state index contributed by atoms with van der Waals surface area (Å²) < 4.78 is 10.5. The summed E-state index contributed by atoms with van der Waals surface area (Å²) in [7, 11) is 3.87. The molecule has 20 heavy (non-hydrogen) atoms. The van der Waals surface area contributed by atoms with Gasteiger partial charge in [-0.1, -0.05) is 0 Å². The Hall–Kier alpha value is -0.690. The van der Waals surface area contributed by atoms with E-state index in [-0.39, 0.29) is 0 Å². The Morgan fingerprint density at radius 2 is 2.20 bits per heavy atom. The van der Waals surface area contributed by atoms with Gasteiger partial charge in [-0.2, -0.15) is 0 Å². The van der Waals surface area contributed by atoms with E-state index in [2.05, 4.69) is 24.2 Å². The third-order valence-corrected chi connectivity index (χ3v) is 4.94. The van der Waals surface area contributed by atoms with Crippen LogP contribution in [0.2, 0.25) is 0 Å². The second-order valence-electron chi connectivity index (χ2n) is 5.13. The van der Waals surface area contributed by atoms with Crippen LogP contribution in [0.5, 0.6) is 0 Å². The fourth-order valence-electron chi connectivity index (χ4n) is 2.33. The van der Waals surface area contributed by atoms with Crippen LogP contribution in [-0.4, -0.2) is 51.5 Å². The Balaban J connectivity index is 1.91. The highest BCUT2D eigenvalue weighted by molar-refractivity contribution is 7.15. The van der Waals surface area contributed by atoms with Crippen molar-refractivity contribution in [3.05, 3.63) is 10.6 Å². The van der Waals surface area contributed by atoms with E-state index in [0.29, 0.717) is 6.04 Å². The molecule has 0 spiro atoms. The monoisotopic (exact) mass is 299 g/mol. The second kappa shape index (κ2) is 7.93. The first-order valence-corrected chi connectivity index (χ1v) is 8.00. The summed E-state index contributed by atoms with van der Waals surface area (Å²) in [5.41, 5.74) is 1.13. The molecular weight excluding hydrogens is 274 g/mol. The first-order valence-electron chi connectivity index (χ1n) is 7.19. The molecule has 0 bridgehead atoms. The molecule has 0 unspecified atom stereocenters. The number of aryl methyl sites for hydroxylation is 1. The van der Waals surface area contributed by atoms with Gasteiger partial charge in [0.25, 0.3) is 0 Å². The predicted octanol–water partition coefficient (Wildman–Crippen LogP) is 1.80. The molecular formula is C14H25N3O2S. The fraction of sp³-hybridized carbons (Fsp3) is 0.786. The van der Waals surface area contributed by atoms with E-state index < -0.39 is 0 Å². The van der Waals surface area contributed by atoms with E-state index in [1.807, 2.05) is 0 Å². The molecule has 2 heterocycles. The van der Waals surface area contributed by atoms with Crippen LogP contribution in [0.25, 0.3) is 0 Å². The number of nitrogens with zero attached hydrogens (tertiary/aromatic N) is 2. The first kappa shape index (κ1) is 15.7. The van der Waals surface area contributed by atoms with Gasteiger partial charge in [0.15, 0.2) is 5.13 Å². The van der Waals surface area contributed by atoms with Crippen molar-refractivity contribution in [1.82, 2.24) is 10.3 Å². The molecule has 1 aliphatic rings. The molecule has 0 aromatic carbocycles. The molecule has 0 aliphatic carbocycles. The van der Waals surface area contributed by atoms with Crippen molar-refractivity contribution >= 4 is 16.5 Å². The van der Waals surface area contributed by atoms with Crippen LogP contribution in [-0.2, 0) is 16.0 Å². The molecule has 1 aromatic rings. The Kier molecular flexibility index (Phi) is 6.22. The minimum absolute atomic E-state index is 0.559. The largest absolute Gasteiger partial charge is 0.383 e. The van der Waals surface area contributed by atoms with Gasteiger partial charge < -0.3 is 19.7 Å². The van der Waals surface area contributed by atoms with Gasteiger partial charge in [-0.05, 0) is 19.8 Å². The molecule has 0 saturated carbocycles. The molecule has 1 aliphatic heterocycles. The lowest BCUT2D eigenvalue weighted by molar-refractivity contribution is 0.0855. The highest BCUT2D eigenvalue weighted by Crippen LogP contribution is 2.28. The smallest absolute Gasteiger partial charge is 0.185 e. The van der Waals surface area contributed by atoms with Gasteiger partial charge >= 0.3 is 0 Å². The van der Waals surface area contributed by atoms with Crippen molar-refractivity contribution in [2.45, 2.75) is 32.4 Å². The van der Waals surface area contributed by atoms with Crippen LogP contribution in [0.15, 0.2) is 0 Å². The lowest BCUT2D eigenvalue weighted by Gasteiger charge is -2.30. The summed E-state index contributed by atoms with van der Waals surface area (Å²) in [6.45, 7) is 6.31. The van der Waals surface area contributed by atoms with E-state index in [9.17, 15) is 0 Å². The van der Waals surface area contributed by atoms with Gasteiger partial charge in [0.2, 0.25) is 0 Å². The van der Waals surface area contributed by atoms with Gasteiger partial charge in [-0.15, -0.1) is 11.3 Å². The predicted molar refractivity (Wildman–Crippen MR) is 82.7 cm³/mol. The average molecular weight is 299 g/mol. The molecule has 0 radical (unpaired) electrons. The summed E-state index contributed by atoms with van der Waals surface area (Å²) in [5, 5.41) is 4.51. The number of aromatic nitrogens is 1. The van der Waals surface area contributed by atoms with Crippen LogP contribution in [0.1, 0.15) is 23.4 Å². The molecule has 2 rings (SSSR count). The maximum absolute atomic E-state index is 5.43. The Bertz CT molecular complexity index is 405. The molecule has 114 valence electrons. The van der Waals surface area contributed by atoms with E-state index in [4.69, 9.17) is 14.5 Å². The van der Waals surface area contributed by atoms with Crippen molar-refractivity contribution < 1.29 is 9.47 Å². The molecule has 1 N–H and O–H groups in total. The number of hydrogen-bond acceptors (Lipinski definition) is 6. The zero-order chi connectivity index (χ0) is 14.4. The van der Waals surface area contributed by atoms with Crippen molar-refractivity contribution in [2.24, 2.45) is 0 Å². The summed E-state index contributed by atoms with van der Waals surface area (Å²) in [4.78, 5) is 8.35. The minimum Gasteiger partial charge on any atom is -0.383 e. The fourth-order valence-corrected chi connectivity index (χ4v) is 3.40. The second-order valence-corrected chi connectivity index (χ2v) is 6.19. The Labute approximate surface area is 125 Å². The Morgan fingerprint density at radius 1 is 1.45 bits per heavy atom. The highest BCUT2D eigenvalue weighted by atomic mass is 32.1. The summed E-state index contributed by atoms with van der Waals surface area (Å²) in [6, 6.07) is 0.559. The number of methoxy groups -OCH3 is 1. The molecule has 1 aromatic heterocycles. The van der Waals surface area contributed by atoms with Gasteiger partial charge in [-0.3, -0.25) is 0 Å². The number of hydrogen-bond donors (Lipinski definition) is 1. The van der Waals surface area contributed by atoms with Gasteiger partial charge in [0.05, 0.1) is 12.3 Å². The molecule has 1 fully saturated rings. The number of thiazole rings is 1. The third-order valence-electron chi connectivity index (χ3n) is 3.69. The molecule has 6 heteroatoms. The maximum atomic E-state index is 5.43. The van der Waals surface area contributed by atoms with Gasteiger partial charge in [-0.25, -0.2) is 4.98 Å². The summed E-state index contributed by atoms with van der Waals surface area (Å²) >= 11 is 1.79. The molecule has 5 nitrogen and oxygen atoms in total. The standard InChI is InChI=1S/C14H25N3O2S/c1-11-13(10-15-6-9-18-3)20-14(16-11)17(2)12-4-7-19-8-5-12/h12,15H,4-10H2,1-3H3. The zero-order valence-corrected chi connectivity index (χ0v) is 13.5. The number of rotatable bonds is 7. The average Bonchev–Trinajstić information content (AvgIpc) is 2.85. The van der Waals surface area contributed by atoms with Crippen LogP contribution in [0.3, 0.4) is 0 Å². The van der Waals surface area contributed by atoms with Crippen molar-refractivity contribution in [3.63, 3.8) is 0 Å². The number of ether oxygens (including phenoxy) is 2. The van der Waals surface area contributed by atoms with E-state index in [1.54, 1.807) is 18.4 Å². The van der Waals surface area contributed by atoms with Crippen molar-refractivity contribution in [2.75, 3.05) is 45.4 Å². The molecule has 1 saturated heterocycles. The zero-order valence-electron chi connectivity index (χ0n) is 12.6. The van der Waals surface area contributed by atoms with Crippen LogP contribution in [0.4, 0.5) is 5.13 Å². The quantitative estimate of drug-likeness (QED) is 0.778. The molecule has 0 amide bonds. The summed E-state index contributed by atoms with van der Waals surface area (Å²) in [6.07, 6.45) is 2.19. The lowest BCUT2D eigenvalue weighted by atomic mass is 10.1. The number of anilines is 1. The first-order chi connectivity index (χ1) is 9.72. The lowest BCUT2D eigenvalue weighted by Crippen LogP contribution is -2.36. The normalized spacial score (nSPS) is 16.6. The van der Waals surface area contributed by atoms with Crippen LogP contribution in [0, 0.1) is 6.92 Å². The highest BCUT2D eigenvalue weighted by Gasteiger charge is 2.21. The van der Waals surface area contributed by atoms with Gasteiger partial charge in [0, 0.05) is 51.4 Å². The topological polar surface area (TPSA) is 46.6 Å².